The Kier molecular flexibility index (Phi) is 1.94. The third kappa shape index (κ3) is 1.94. The number of nitriles is 1. The third-order valence-electron chi connectivity index (χ3n) is 2.70. The quantitative estimate of drug-likeness (QED) is 0.577. The monoisotopic (exact) mass is 153 g/mol. The molecule has 0 aromatic rings. The molecule has 0 atom stereocenters. The van der Waals surface area contributed by atoms with Gasteiger partial charge >= 0.3 is 0 Å². The molecule has 0 aromatic heterocycles. The lowest BCUT2D eigenvalue weighted by Gasteiger charge is -2.35. The van der Waals surface area contributed by atoms with Crippen LogP contribution in [0.25, 0.3) is 0 Å². The van der Waals surface area contributed by atoms with Crippen LogP contribution in [0.4, 0.5) is 0 Å². The summed E-state index contributed by atoms with van der Waals surface area (Å²) in [6, 6.07) is 2.31. The number of hydrogen-bond donors (Lipinski definition) is 1. The lowest BCUT2D eigenvalue weighted by atomic mass is 9.71. The van der Waals surface area contributed by atoms with Crippen molar-refractivity contribution in [1.29, 1.82) is 5.26 Å². The molecule has 0 bridgehead atoms. The van der Waals surface area contributed by atoms with Gasteiger partial charge in [-0.3, -0.25) is 0 Å². The second-order valence-electron chi connectivity index (χ2n) is 4.17. The molecular formula is C9H15NO. The van der Waals surface area contributed by atoms with Crippen LogP contribution < -0.4 is 0 Å². The Bertz CT molecular complexity index is 180. The van der Waals surface area contributed by atoms with Crippen molar-refractivity contribution >= 4 is 0 Å². The fourth-order valence-corrected chi connectivity index (χ4v) is 1.45. The summed E-state index contributed by atoms with van der Waals surface area (Å²) in [4.78, 5) is 0. The van der Waals surface area contributed by atoms with Gasteiger partial charge < -0.3 is 5.11 Å². The predicted molar refractivity (Wildman–Crippen MR) is 42.8 cm³/mol. The first-order chi connectivity index (χ1) is 4.97. The number of nitrogens with zero attached hydrogens (tertiary/aromatic N) is 1. The van der Waals surface area contributed by atoms with Gasteiger partial charge in [0.2, 0.25) is 0 Å². The molecule has 0 radical (unpaired) electrons. The van der Waals surface area contributed by atoms with Crippen molar-refractivity contribution in [3.8, 4) is 6.07 Å². The van der Waals surface area contributed by atoms with E-state index in [4.69, 9.17) is 5.26 Å². The van der Waals surface area contributed by atoms with E-state index in [0.717, 1.165) is 25.7 Å². The van der Waals surface area contributed by atoms with E-state index in [9.17, 15) is 5.11 Å². The maximum Gasteiger partial charge on any atom is 0.0686 e. The minimum Gasteiger partial charge on any atom is -0.390 e. The minimum atomic E-state index is -0.517. The Morgan fingerprint density at radius 1 is 1.18 bits per heavy atom. The molecule has 0 aliphatic heterocycles. The van der Waals surface area contributed by atoms with E-state index in [0.29, 0.717) is 0 Å². The first kappa shape index (κ1) is 8.55. The van der Waals surface area contributed by atoms with Gasteiger partial charge in [0.05, 0.1) is 17.1 Å². The van der Waals surface area contributed by atoms with Crippen molar-refractivity contribution in [1.82, 2.24) is 0 Å². The minimum absolute atomic E-state index is 0.178. The van der Waals surface area contributed by atoms with Crippen molar-refractivity contribution in [3.05, 3.63) is 0 Å². The summed E-state index contributed by atoms with van der Waals surface area (Å²) >= 11 is 0. The smallest absolute Gasteiger partial charge is 0.0686 e. The molecule has 0 aromatic carbocycles. The predicted octanol–water partition coefficient (Wildman–Crippen LogP) is 1.84. The lowest BCUT2D eigenvalue weighted by molar-refractivity contribution is -0.00157. The van der Waals surface area contributed by atoms with Crippen LogP contribution in [0.5, 0.6) is 0 Å². The van der Waals surface area contributed by atoms with Gasteiger partial charge in [0, 0.05) is 0 Å². The normalized spacial score (nSPS) is 44.9. The molecular weight excluding hydrogens is 138 g/mol. The first-order valence-corrected chi connectivity index (χ1v) is 4.11. The van der Waals surface area contributed by atoms with Crippen LogP contribution in [0.1, 0.15) is 39.5 Å². The molecule has 1 fully saturated rings. The largest absolute Gasteiger partial charge is 0.390 e. The lowest BCUT2D eigenvalue weighted by Crippen LogP contribution is -2.34. The molecule has 1 rings (SSSR count). The molecule has 2 nitrogen and oxygen atoms in total. The fraction of sp³-hybridized carbons (Fsp3) is 0.889. The van der Waals surface area contributed by atoms with Gasteiger partial charge in [0.1, 0.15) is 0 Å². The maximum absolute atomic E-state index is 9.59. The molecule has 1 saturated carbocycles. The van der Waals surface area contributed by atoms with Gasteiger partial charge in [0.25, 0.3) is 0 Å². The van der Waals surface area contributed by atoms with Crippen LogP contribution >= 0.6 is 0 Å². The maximum atomic E-state index is 9.59. The molecule has 0 amide bonds. The van der Waals surface area contributed by atoms with Crippen molar-refractivity contribution < 1.29 is 5.11 Å². The molecule has 0 spiro atoms. The zero-order chi connectivity index (χ0) is 8.54. The highest BCUT2D eigenvalue weighted by Gasteiger charge is 2.35. The Hall–Kier alpha value is -0.550. The molecule has 0 unspecified atom stereocenters. The Balaban J connectivity index is 2.56. The molecule has 0 saturated heterocycles. The average Bonchev–Trinajstić information content (AvgIpc) is 1.97. The van der Waals surface area contributed by atoms with Crippen LogP contribution in [-0.4, -0.2) is 10.7 Å². The van der Waals surface area contributed by atoms with Gasteiger partial charge in [-0.25, -0.2) is 0 Å². The van der Waals surface area contributed by atoms with Crippen LogP contribution in [0.3, 0.4) is 0 Å². The van der Waals surface area contributed by atoms with E-state index in [1.165, 1.54) is 0 Å². The molecule has 1 aliphatic carbocycles. The molecule has 1 aliphatic rings. The zero-order valence-corrected chi connectivity index (χ0v) is 7.22. The van der Waals surface area contributed by atoms with E-state index in [-0.39, 0.29) is 5.41 Å². The second-order valence-corrected chi connectivity index (χ2v) is 4.17. The topological polar surface area (TPSA) is 44.0 Å². The van der Waals surface area contributed by atoms with E-state index in [1.54, 1.807) is 0 Å². The summed E-state index contributed by atoms with van der Waals surface area (Å²) in [6.45, 7) is 3.83. The molecule has 1 N–H and O–H groups in total. The Morgan fingerprint density at radius 3 is 2.00 bits per heavy atom. The third-order valence-corrected chi connectivity index (χ3v) is 2.70. The van der Waals surface area contributed by atoms with E-state index in [1.807, 2.05) is 13.8 Å². The van der Waals surface area contributed by atoms with Crippen LogP contribution in [0, 0.1) is 16.7 Å². The standard InChI is InChI=1S/C9H15NO/c1-8(7-10)3-5-9(2,11)6-4-8/h11H,3-6H2,1-2H3. The van der Waals surface area contributed by atoms with Crippen molar-refractivity contribution in [2.24, 2.45) is 5.41 Å². The molecule has 11 heavy (non-hydrogen) atoms. The number of hydrogen-bond acceptors (Lipinski definition) is 2. The van der Waals surface area contributed by atoms with Crippen LogP contribution in [-0.2, 0) is 0 Å². The van der Waals surface area contributed by atoms with Gasteiger partial charge in [-0.05, 0) is 39.5 Å². The summed E-state index contributed by atoms with van der Waals surface area (Å²) in [7, 11) is 0. The van der Waals surface area contributed by atoms with E-state index < -0.39 is 5.60 Å². The first-order valence-electron chi connectivity index (χ1n) is 4.11. The molecule has 62 valence electrons. The highest BCUT2D eigenvalue weighted by Crippen LogP contribution is 2.39. The van der Waals surface area contributed by atoms with Crippen LogP contribution in [0.2, 0.25) is 0 Å². The second kappa shape index (κ2) is 2.49. The van der Waals surface area contributed by atoms with Crippen LogP contribution in [0.15, 0.2) is 0 Å². The van der Waals surface area contributed by atoms with E-state index in [2.05, 4.69) is 6.07 Å². The molecule has 2 heteroatoms. The van der Waals surface area contributed by atoms with Gasteiger partial charge in [0.15, 0.2) is 0 Å². The highest BCUT2D eigenvalue weighted by molar-refractivity contribution is 5.00. The van der Waals surface area contributed by atoms with Gasteiger partial charge in [-0.1, -0.05) is 0 Å². The summed E-state index contributed by atoms with van der Waals surface area (Å²) in [5, 5.41) is 18.4. The summed E-state index contributed by atoms with van der Waals surface area (Å²) in [6.07, 6.45) is 3.18. The Morgan fingerprint density at radius 2 is 1.64 bits per heavy atom. The van der Waals surface area contributed by atoms with Gasteiger partial charge in [-0.15, -0.1) is 0 Å². The van der Waals surface area contributed by atoms with Crippen molar-refractivity contribution in [3.63, 3.8) is 0 Å². The summed E-state index contributed by atoms with van der Waals surface area (Å²) < 4.78 is 0. The number of rotatable bonds is 0. The summed E-state index contributed by atoms with van der Waals surface area (Å²) in [5.41, 5.74) is -0.696. The van der Waals surface area contributed by atoms with E-state index >= 15 is 0 Å². The zero-order valence-electron chi connectivity index (χ0n) is 7.22. The van der Waals surface area contributed by atoms with Crippen molar-refractivity contribution in [2.75, 3.05) is 0 Å². The fourth-order valence-electron chi connectivity index (χ4n) is 1.45. The van der Waals surface area contributed by atoms with Crippen molar-refractivity contribution in [2.45, 2.75) is 45.1 Å². The van der Waals surface area contributed by atoms with Gasteiger partial charge in [-0.2, -0.15) is 5.26 Å². The SMILES string of the molecule is CC1(O)CCC(C)(C#N)CC1. The highest BCUT2D eigenvalue weighted by atomic mass is 16.3. The number of aliphatic hydroxyl groups is 1. The molecule has 0 heterocycles. The summed E-state index contributed by atoms with van der Waals surface area (Å²) in [5.74, 6) is 0. The average molecular weight is 153 g/mol. The Labute approximate surface area is 67.8 Å².